The molecule has 0 saturated carbocycles. The third-order valence-corrected chi connectivity index (χ3v) is 3.74. The zero-order valence-electron chi connectivity index (χ0n) is 12.9. The number of hydrogen-bond donors (Lipinski definition) is 2. The molecule has 0 fully saturated rings. The molecule has 0 bridgehead atoms. The SMILES string of the molecule is CC(C)CCOCCNCc1cccc2c1NCCC2. The Morgan fingerprint density at radius 1 is 1.30 bits per heavy atom. The van der Waals surface area contributed by atoms with Crippen LogP contribution >= 0.6 is 0 Å². The molecule has 0 radical (unpaired) electrons. The van der Waals surface area contributed by atoms with Crippen molar-refractivity contribution in [2.24, 2.45) is 5.92 Å². The number of benzene rings is 1. The van der Waals surface area contributed by atoms with Gasteiger partial charge in [0, 0.05) is 31.9 Å². The molecule has 2 rings (SSSR count). The van der Waals surface area contributed by atoms with Crippen molar-refractivity contribution in [3.05, 3.63) is 29.3 Å². The van der Waals surface area contributed by atoms with Crippen LogP contribution in [0.3, 0.4) is 0 Å². The highest BCUT2D eigenvalue weighted by Gasteiger charge is 2.11. The highest BCUT2D eigenvalue weighted by molar-refractivity contribution is 5.59. The Kier molecular flexibility index (Phi) is 6.34. The summed E-state index contributed by atoms with van der Waals surface area (Å²) < 4.78 is 5.62. The molecule has 0 aliphatic carbocycles. The first-order valence-electron chi connectivity index (χ1n) is 7.90. The number of rotatable bonds is 8. The second-order valence-electron chi connectivity index (χ2n) is 5.95. The van der Waals surface area contributed by atoms with Gasteiger partial charge in [-0.2, -0.15) is 0 Å². The average Bonchev–Trinajstić information content (AvgIpc) is 2.46. The van der Waals surface area contributed by atoms with Crippen LogP contribution in [0, 0.1) is 5.92 Å². The molecule has 20 heavy (non-hydrogen) atoms. The normalized spacial score (nSPS) is 14.2. The van der Waals surface area contributed by atoms with Gasteiger partial charge in [0.05, 0.1) is 6.61 Å². The summed E-state index contributed by atoms with van der Waals surface area (Å²) in [4.78, 5) is 0. The van der Waals surface area contributed by atoms with Crippen molar-refractivity contribution in [3.8, 4) is 0 Å². The number of aryl methyl sites for hydroxylation is 1. The largest absolute Gasteiger partial charge is 0.385 e. The van der Waals surface area contributed by atoms with Gasteiger partial charge in [-0.05, 0) is 36.3 Å². The van der Waals surface area contributed by atoms with Gasteiger partial charge in [0.2, 0.25) is 0 Å². The molecule has 1 aliphatic heterocycles. The van der Waals surface area contributed by atoms with Crippen LogP contribution in [0.2, 0.25) is 0 Å². The van der Waals surface area contributed by atoms with Gasteiger partial charge in [0.15, 0.2) is 0 Å². The zero-order valence-corrected chi connectivity index (χ0v) is 12.9. The summed E-state index contributed by atoms with van der Waals surface area (Å²) in [7, 11) is 0. The van der Waals surface area contributed by atoms with E-state index in [4.69, 9.17) is 4.74 Å². The minimum absolute atomic E-state index is 0.727. The third-order valence-electron chi connectivity index (χ3n) is 3.74. The Bertz CT molecular complexity index is 404. The van der Waals surface area contributed by atoms with Crippen LogP contribution in [-0.4, -0.2) is 26.3 Å². The van der Waals surface area contributed by atoms with E-state index in [-0.39, 0.29) is 0 Å². The van der Waals surface area contributed by atoms with Crippen LogP contribution in [0.1, 0.15) is 37.8 Å². The van der Waals surface area contributed by atoms with Gasteiger partial charge < -0.3 is 15.4 Å². The predicted octanol–water partition coefficient (Wildman–Crippen LogP) is 3.20. The average molecular weight is 276 g/mol. The highest BCUT2D eigenvalue weighted by atomic mass is 16.5. The molecular weight excluding hydrogens is 248 g/mol. The number of fused-ring (bicyclic) bond motifs is 1. The molecule has 112 valence electrons. The summed E-state index contributed by atoms with van der Waals surface area (Å²) in [6.45, 7) is 9.07. The lowest BCUT2D eigenvalue weighted by Gasteiger charge is -2.21. The van der Waals surface area contributed by atoms with Crippen LogP contribution in [-0.2, 0) is 17.7 Å². The molecule has 1 aromatic rings. The Morgan fingerprint density at radius 3 is 3.05 bits per heavy atom. The fourth-order valence-corrected chi connectivity index (χ4v) is 2.52. The van der Waals surface area contributed by atoms with Gasteiger partial charge >= 0.3 is 0 Å². The fourth-order valence-electron chi connectivity index (χ4n) is 2.52. The van der Waals surface area contributed by atoms with Crippen molar-refractivity contribution in [1.82, 2.24) is 5.32 Å². The summed E-state index contributed by atoms with van der Waals surface area (Å²) in [5.74, 6) is 0.727. The predicted molar refractivity (Wildman–Crippen MR) is 85.2 cm³/mol. The van der Waals surface area contributed by atoms with E-state index >= 15 is 0 Å². The molecule has 0 amide bonds. The summed E-state index contributed by atoms with van der Waals surface area (Å²) in [6.07, 6.45) is 3.60. The van der Waals surface area contributed by atoms with E-state index in [0.29, 0.717) is 0 Å². The van der Waals surface area contributed by atoms with Gasteiger partial charge in [0.25, 0.3) is 0 Å². The number of hydrogen-bond acceptors (Lipinski definition) is 3. The highest BCUT2D eigenvalue weighted by Crippen LogP contribution is 2.25. The van der Waals surface area contributed by atoms with Crippen molar-refractivity contribution in [3.63, 3.8) is 0 Å². The first-order chi connectivity index (χ1) is 9.77. The lowest BCUT2D eigenvalue weighted by atomic mass is 9.99. The first-order valence-corrected chi connectivity index (χ1v) is 7.90. The number of para-hydroxylation sites is 1. The van der Waals surface area contributed by atoms with Crippen molar-refractivity contribution >= 4 is 5.69 Å². The van der Waals surface area contributed by atoms with E-state index in [9.17, 15) is 0 Å². The molecule has 0 aromatic heterocycles. The minimum atomic E-state index is 0.727. The monoisotopic (exact) mass is 276 g/mol. The van der Waals surface area contributed by atoms with Crippen molar-refractivity contribution < 1.29 is 4.74 Å². The van der Waals surface area contributed by atoms with Crippen LogP contribution in [0.4, 0.5) is 5.69 Å². The molecule has 3 nitrogen and oxygen atoms in total. The molecule has 0 unspecified atom stereocenters. The lowest BCUT2D eigenvalue weighted by molar-refractivity contribution is 0.125. The summed E-state index contributed by atoms with van der Waals surface area (Å²) in [5.41, 5.74) is 4.19. The summed E-state index contributed by atoms with van der Waals surface area (Å²) >= 11 is 0. The third kappa shape index (κ3) is 4.80. The molecule has 1 heterocycles. The van der Waals surface area contributed by atoms with Gasteiger partial charge in [-0.15, -0.1) is 0 Å². The van der Waals surface area contributed by atoms with E-state index < -0.39 is 0 Å². The van der Waals surface area contributed by atoms with Crippen LogP contribution < -0.4 is 10.6 Å². The van der Waals surface area contributed by atoms with E-state index in [2.05, 4.69) is 42.7 Å². The maximum absolute atomic E-state index is 5.62. The Balaban J connectivity index is 1.67. The van der Waals surface area contributed by atoms with Gasteiger partial charge in [-0.3, -0.25) is 0 Å². The van der Waals surface area contributed by atoms with Crippen molar-refractivity contribution in [2.75, 3.05) is 31.6 Å². The topological polar surface area (TPSA) is 33.3 Å². The van der Waals surface area contributed by atoms with E-state index in [1.807, 2.05) is 0 Å². The maximum Gasteiger partial charge on any atom is 0.0591 e. The standard InChI is InChI=1S/C17H28N2O/c1-14(2)8-11-20-12-10-18-13-16-6-3-5-15-7-4-9-19-17(15)16/h3,5-6,14,18-19H,4,7-13H2,1-2H3. The number of anilines is 1. The van der Waals surface area contributed by atoms with Gasteiger partial charge in [0.1, 0.15) is 0 Å². The lowest BCUT2D eigenvalue weighted by Crippen LogP contribution is -2.22. The quantitative estimate of drug-likeness (QED) is 0.715. The summed E-state index contributed by atoms with van der Waals surface area (Å²) in [5, 5.41) is 7.01. The Morgan fingerprint density at radius 2 is 2.20 bits per heavy atom. The van der Waals surface area contributed by atoms with Crippen LogP contribution in [0.25, 0.3) is 0 Å². The fraction of sp³-hybridized carbons (Fsp3) is 0.647. The van der Waals surface area contributed by atoms with E-state index in [1.165, 1.54) is 29.7 Å². The summed E-state index contributed by atoms with van der Waals surface area (Å²) in [6, 6.07) is 6.62. The van der Waals surface area contributed by atoms with Crippen molar-refractivity contribution in [1.29, 1.82) is 0 Å². The van der Waals surface area contributed by atoms with Crippen LogP contribution in [0.15, 0.2) is 18.2 Å². The number of ether oxygens (including phenoxy) is 1. The second-order valence-corrected chi connectivity index (χ2v) is 5.95. The molecule has 1 aromatic carbocycles. The molecular formula is C17H28N2O. The van der Waals surface area contributed by atoms with E-state index in [1.54, 1.807) is 0 Å². The minimum Gasteiger partial charge on any atom is -0.385 e. The Hall–Kier alpha value is -1.06. The second kappa shape index (κ2) is 8.28. The molecule has 1 aliphatic rings. The molecule has 2 N–H and O–H groups in total. The molecule has 3 heteroatoms. The maximum atomic E-state index is 5.62. The first kappa shape index (κ1) is 15.3. The van der Waals surface area contributed by atoms with Gasteiger partial charge in [-0.25, -0.2) is 0 Å². The van der Waals surface area contributed by atoms with Crippen molar-refractivity contribution in [2.45, 2.75) is 39.7 Å². The molecule has 0 atom stereocenters. The van der Waals surface area contributed by atoms with E-state index in [0.717, 1.165) is 45.2 Å². The van der Waals surface area contributed by atoms with Gasteiger partial charge in [-0.1, -0.05) is 32.0 Å². The van der Waals surface area contributed by atoms with Crippen LogP contribution in [0.5, 0.6) is 0 Å². The molecule has 0 saturated heterocycles. The number of nitrogens with one attached hydrogen (secondary N) is 2. The Labute approximate surface area is 123 Å². The zero-order chi connectivity index (χ0) is 14.2. The molecule has 0 spiro atoms. The smallest absolute Gasteiger partial charge is 0.0591 e.